The fraction of sp³-hybridized carbons (Fsp3) is 0.941. The fourth-order valence-electron chi connectivity index (χ4n) is 2.85. The SMILES string of the molecule is CCCCCCCCCCCC(=O)NC1(CBr)CCC1. The van der Waals surface area contributed by atoms with Crippen LogP contribution in [-0.4, -0.2) is 16.8 Å². The molecule has 0 aromatic rings. The summed E-state index contributed by atoms with van der Waals surface area (Å²) in [6, 6.07) is 0. The van der Waals surface area contributed by atoms with Gasteiger partial charge in [-0.2, -0.15) is 0 Å². The van der Waals surface area contributed by atoms with Gasteiger partial charge in [0.25, 0.3) is 0 Å². The van der Waals surface area contributed by atoms with Crippen molar-refractivity contribution in [2.75, 3.05) is 5.33 Å². The molecule has 0 saturated heterocycles. The Balaban J connectivity index is 1.89. The van der Waals surface area contributed by atoms with Crippen molar-refractivity contribution in [3.63, 3.8) is 0 Å². The Kier molecular flexibility index (Phi) is 9.58. The highest BCUT2D eigenvalue weighted by Crippen LogP contribution is 2.33. The van der Waals surface area contributed by atoms with E-state index in [0.29, 0.717) is 6.42 Å². The minimum absolute atomic E-state index is 0.0936. The van der Waals surface area contributed by atoms with Gasteiger partial charge in [0.1, 0.15) is 0 Å². The molecule has 0 unspecified atom stereocenters. The Bertz CT molecular complexity index is 258. The molecule has 2 nitrogen and oxygen atoms in total. The van der Waals surface area contributed by atoms with E-state index in [1.54, 1.807) is 0 Å². The molecule has 1 aliphatic rings. The lowest BCUT2D eigenvalue weighted by Gasteiger charge is -2.41. The van der Waals surface area contributed by atoms with E-state index < -0.39 is 0 Å². The highest BCUT2D eigenvalue weighted by Gasteiger charge is 2.36. The summed E-state index contributed by atoms with van der Waals surface area (Å²) in [7, 11) is 0. The largest absolute Gasteiger partial charge is 0.350 e. The monoisotopic (exact) mass is 345 g/mol. The Hall–Kier alpha value is -0.0500. The summed E-state index contributed by atoms with van der Waals surface area (Å²) >= 11 is 3.53. The lowest BCUT2D eigenvalue weighted by atomic mass is 9.78. The highest BCUT2D eigenvalue weighted by atomic mass is 79.9. The summed E-state index contributed by atoms with van der Waals surface area (Å²) in [6.45, 7) is 2.26. The number of hydrogen-bond donors (Lipinski definition) is 1. The molecule has 118 valence electrons. The van der Waals surface area contributed by atoms with Gasteiger partial charge in [-0.3, -0.25) is 4.79 Å². The molecule has 1 N–H and O–H groups in total. The van der Waals surface area contributed by atoms with Gasteiger partial charge in [0.05, 0.1) is 0 Å². The van der Waals surface area contributed by atoms with Crippen molar-refractivity contribution in [3.8, 4) is 0 Å². The summed E-state index contributed by atoms with van der Waals surface area (Å²) in [5.74, 6) is 0.257. The molecule has 0 bridgehead atoms. The topological polar surface area (TPSA) is 29.1 Å². The van der Waals surface area contributed by atoms with Gasteiger partial charge < -0.3 is 5.32 Å². The summed E-state index contributed by atoms with van der Waals surface area (Å²) < 4.78 is 0. The van der Waals surface area contributed by atoms with Crippen molar-refractivity contribution in [1.29, 1.82) is 0 Å². The summed E-state index contributed by atoms with van der Waals surface area (Å²) in [5.41, 5.74) is 0.0936. The van der Waals surface area contributed by atoms with Gasteiger partial charge in [-0.1, -0.05) is 74.2 Å². The van der Waals surface area contributed by atoms with Crippen LogP contribution in [0.15, 0.2) is 0 Å². The van der Waals surface area contributed by atoms with Crippen molar-refractivity contribution >= 4 is 21.8 Å². The van der Waals surface area contributed by atoms with Gasteiger partial charge in [-0.05, 0) is 25.7 Å². The summed E-state index contributed by atoms with van der Waals surface area (Å²) in [4.78, 5) is 11.9. The Morgan fingerprint density at radius 2 is 1.55 bits per heavy atom. The maximum atomic E-state index is 11.9. The summed E-state index contributed by atoms with van der Waals surface area (Å²) in [6.07, 6.45) is 16.0. The van der Waals surface area contributed by atoms with Crippen LogP contribution < -0.4 is 5.32 Å². The fourth-order valence-corrected chi connectivity index (χ4v) is 3.55. The molecule has 0 aliphatic heterocycles. The van der Waals surface area contributed by atoms with Crippen molar-refractivity contribution in [2.45, 2.75) is 95.9 Å². The van der Waals surface area contributed by atoms with E-state index in [2.05, 4.69) is 28.2 Å². The van der Waals surface area contributed by atoms with Gasteiger partial charge in [-0.15, -0.1) is 0 Å². The molecule has 20 heavy (non-hydrogen) atoms. The van der Waals surface area contributed by atoms with Crippen LogP contribution in [0.4, 0.5) is 0 Å². The van der Waals surface area contributed by atoms with Crippen LogP contribution >= 0.6 is 15.9 Å². The average molecular weight is 346 g/mol. The number of nitrogens with one attached hydrogen (secondary N) is 1. The molecule has 1 rings (SSSR count). The molecule has 0 atom stereocenters. The predicted molar refractivity (Wildman–Crippen MR) is 90.4 cm³/mol. The van der Waals surface area contributed by atoms with E-state index in [1.807, 2.05) is 0 Å². The molecular formula is C17H32BrNO. The maximum absolute atomic E-state index is 11.9. The van der Waals surface area contributed by atoms with Crippen LogP contribution in [0.2, 0.25) is 0 Å². The van der Waals surface area contributed by atoms with Crippen molar-refractivity contribution in [3.05, 3.63) is 0 Å². The first-order chi connectivity index (χ1) is 9.72. The van der Waals surface area contributed by atoms with Gasteiger partial charge in [-0.25, -0.2) is 0 Å². The molecule has 0 spiro atoms. The number of hydrogen-bond acceptors (Lipinski definition) is 1. The lowest BCUT2D eigenvalue weighted by molar-refractivity contribution is -0.123. The third kappa shape index (κ3) is 7.10. The van der Waals surface area contributed by atoms with E-state index in [-0.39, 0.29) is 11.4 Å². The lowest BCUT2D eigenvalue weighted by Crippen LogP contribution is -2.54. The third-order valence-corrected chi connectivity index (χ3v) is 5.55. The first-order valence-corrected chi connectivity index (χ1v) is 9.71. The number of amides is 1. The van der Waals surface area contributed by atoms with Crippen LogP contribution in [0.5, 0.6) is 0 Å². The van der Waals surface area contributed by atoms with Crippen LogP contribution in [0.1, 0.15) is 90.4 Å². The number of rotatable bonds is 12. The van der Waals surface area contributed by atoms with E-state index >= 15 is 0 Å². The molecule has 0 radical (unpaired) electrons. The minimum Gasteiger partial charge on any atom is -0.350 e. The number of carbonyl (C=O) groups excluding carboxylic acids is 1. The molecule has 0 aromatic carbocycles. The van der Waals surface area contributed by atoms with Crippen LogP contribution in [0, 0.1) is 0 Å². The quantitative estimate of drug-likeness (QED) is 0.375. The predicted octanol–water partition coefficient (Wildman–Crippen LogP) is 5.34. The molecular weight excluding hydrogens is 314 g/mol. The second-order valence-electron chi connectivity index (χ2n) is 6.39. The molecule has 1 amide bonds. The normalized spacial score (nSPS) is 16.7. The molecule has 1 fully saturated rings. The highest BCUT2D eigenvalue weighted by molar-refractivity contribution is 9.09. The molecule has 1 aliphatic carbocycles. The minimum atomic E-state index is 0.0936. The molecule has 3 heteroatoms. The van der Waals surface area contributed by atoms with Crippen LogP contribution in [-0.2, 0) is 4.79 Å². The van der Waals surface area contributed by atoms with E-state index in [4.69, 9.17) is 0 Å². The third-order valence-electron chi connectivity index (χ3n) is 4.48. The first kappa shape index (κ1) is 18.0. The van der Waals surface area contributed by atoms with Crippen molar-refractivity contribution < 1.29 is 4.79 Å². The zero-order valence-corrected chi connectivity index (χ0v) is 14.8. The molecule has 0 aromatic heterocycles. The maximum Gasteiger partial charge on any atom is 0.220 e. The van der Waals surface area contributed by atoms with Gasteiger partial charge in [0.15, 0.2) is 0 Å². The number of alkyl halides is 1. The Morgan fingerprint density at radius 1 is 1.00 bits per heavy atom. The van der Waals surface area contributed by atoms with Gasteiger partial charge in [0.2, 0.25) is 5.91 Å². The Morgan fingerprint density at radius 3 is 2.00 bits per heavy atom. The van der Waals surface area contributed by atoms with Gasteiger partial charge in [0, 0.05) is 17.3 Å². The number of unbranched alkanes of at least 4 members (excludes halogenated alkanes) is 8. The van der Waals surface area contributed by atoms with Crippen molar-refractivity contribution in [1.82, 2.24) is 5.32 Å². The standard InChI is InChI=1S/C17H32BrNO/c1-2-3-4-5-6-7-8-9-10-12-16(20)19-17(15-18)13-11-14-17/h2-15H2,1H3,(H,19,20). The smallest absolute Gasteiger partial charge is 0.220 e. The first-order valence-electron chi connectivity index (χ1n) is 8.59. The number of halogens is 1. The zero-order chi connectivity index (χ0) is 14.7. The van der Waals surface area contributed by atoms with E-state index in [9.17, 15) is 4.79 Å². The van der Waals surface area contributed by atoms with Crippen molar-refractivity contribution in [2.24, 2.45) is 0 Å². The Labute approximate surface area is 133 Å². The molecule has 1 saturated carbocycles. The zero-order valence-electron chi connectivity index (χ0n) is 13.2. The van der Waals surface area contributed by atoms with Crippen LogP contribution in [0.3, 0.4) is 0 Å². The summed E-state index contributed by atoms with van der Waals surface area (Å²) in [5, 5.41) is 4.13. The van der Waals surface area contributed by atoms with E-state index in [1.165, 1.54) is 57.8 Å². The van der Waals surface area contributed by atoms with Gasteiger partial charge >= 0.3 is 0 Å². The second kappa shape index (κ2) is 10.6. The molecule has 0 heterocycles. The van der Waals surface area contributed by atoms with E-state index in [0.717, 1.165) is 24.6 Å². The average Bonchev–Trinajstić information content (AvgIpc) is 2.41. The number of carbonyl (C=O) groups is 1. The second-order valence-corrected chi connectivity index (χ2v) is 6.95. The van der Waals surface area contributed by atoms with Crippen LogP contribution in [0.25, 0.3) is 0 Å².